The number of methoxy groups -OCH3 is 2. The van der Waals surface area contributed by atoms with Crippen molar-refractivity contribution in [1.29, 1.82) is 0 Å². The lowest BCUT2D eigenvalue weighted by Gasteiger charge is -2.32. The molecule has 4 rings (SSSR count). The number of sulfonamides is 1. The molecule has 1 aliphatic rings. The molecule has 0 N–H and O–H groups in total. The molecule has 0 aliphatic carbocycles. The van der Waals surface area contributed by atoms with Gasteiger partial charge in [-0.1, -0.05) is 11.6 Å². The molecule has 0 bridgehead atoms. The summed E-state index contributed by atoms with van der Waals surface area (Å²) in [6.45, 7) is 0.542. The van der Waals surface area contributed by atoms with E-state index in [0.29, 0.717) is 34.5 Å². The second kappa shape index (κ2) is 8.49. The normalized spacial score (nSPS) is 15.8. The zero-order valence-electron chi connectivity index (χ0n) is 17.1. The largest absolute Gasteiger partial charge is 0.497 e. The Kier molecular flexibility index (Phi) is 5.92. The van der Waals surface area contributed by atoms with Gasteiger partial charge in [-0.05, 0) is 43.2 Å². The van der Waals surface area contributed by atoms with E-state index in [-0.39, 0.29) is 35.3 Å². The average molecular weight is 464 g/mol. The van der Waals surface area contributed by atoms with Crippen LogP contribution in [0.4, 0.5) is 0 Å². The fraction of sp³-hybridized carbons (Fsp3) is 0.333. The highest BCUT2D eigenvalue weighted by Gasteiger charge is 2.32. The lowest BCUT2D eigenvalue weighted by atomic mass is 10.1. The van der Waals surface area contributed by atoms with E-state index in [1.807, 2.05) is 0 Å². The Hall–Kier alpha value is -2.62. The Balaban J connectivity index is 1.59. The van der Waals surface area contributed by atoms with Crippen molar-refractivity contribution in [2.24, 2.45) is 0 Å². The van der Waals surface area contributed by atoms with Gasteiger partial charge in [-0.15, -0.1) is 0 Å². The molecule has 0 amide bonds. The van der Waals surface area contributed by atoms with Crippen molar-refractivity contribution in [2.75, 3.05) is 27.3 Å². The zero-order valence-corrected chi connectivity index (χ0v) is 18.7. The Morgan fingerprint density at radius 3 is 2.48 bits per heavy atom. The molecule has 10 heteroatoms. The van der Waals surface area contributed by atoms with Gasteiger partial charge in [-0.3, -0.25) is 9.36 Å². The van der Waals surface area contributed by atoms with Crippen molar-refractivity contribution in [3.63, 3.8) is 0 Å². The summed E-state index contributed by atoms with van der Waals surface area (Å²) >= 11 is 6.03. The summed E-state index contributed by atoms with van der Waals surface area (Å²) in [5, 5.41) is 0.920. The third-order valence-electron chi connectivity index (χ3n) is 5.55. The van der Waals surface area contributed by atoms with Crippen molar-refractivity contribution >= 4 is 32.5 Å². The van der Waals surface area contributed by atoms with E-state index in [4.69, 9.17) is 21.1 Å². The zero-order chi connectivity index (χ0) is 22.2. The van der Waals surface area contributed by atoms with E-state index in [1.54, 1.807) is 34.9 Å². The minimum absolute atomic E-state index is 0.0620. The molecule has 1 aliphatic heterocycles. The first kappa shape index (κ1) is 21.6. The third kappa shape index (κ3) is 4.00. The average Bonchev–Trinajstić information content (AvgIpc) is 2.79. The first-order chi connectivity index (χ1) is 14.8. The maximum Gasteiger partial charge on any atom is 0.261 e. The number of hydrogen-bond acceptors (Lipinski definition) is 6. The Morgan fingerprint density at radius 1 is 1.06 bits per heavy atom. The second-order valence-electron chi connectivity index (χ2n) is 7.27. The molecular formula is C21H22ClN3O5S. The molecule has 164 valence electrons. The number of ether oxygens (including phenoxy) is 2. The van der Waals surface area contributed by atoms with Gasteiger partial charge in [0.25, 0.3) is 5.56 Å². The van der Waals surface area contributed by atoms with Crippen molar-refractivity contribution in [1.82, 2.24) is 13.9 Å². The molecule has 1 fully saturated rings. The van der Waals surface area contributed by atoms with Crippen LogP contribution in [-0.2, 0) is 10.0 Å². The number of aromatic nitrogens is 2. The van der Waals surface area contributed by atoms with Gasteiger partial charge in [-0.25, -0.2) is 13.4 Å². The summed E-state index contributed by atoms with van der Waals surface area (Å²) in [5.74, 6) is 0.691. The van der Waals surface area contributed by atoms with Gasteiger partial charge in [0.2, 0.25) is 10.0 Å². The van der Waals surface area contributed by atoms with E-state index in [2.05, 4.69) is 4.98 Å². The molecule has 0 saturated carbocycles. The van der Waals surface area contributed by atoms with Crippen LogP contribution in [0.1, 0.15) is 18.9 Å². The van der Waals surface area contributed by atoms with E-state index < -0.39 is 10.0 Å². The highest BCUT2D eigenvalue weighted by molar-refractivity contribution is 7.89. The fourth-order valence-electron chi connectivity index (χ4n) is 3.85. The number of fused-ring (bicyclic) bond motifs is 1. The fourth-order valence-corrected chi connectivity index (χ4v) is 5.67. The summed E-state index contributed by atoms with van der Waals surface area (Å²) in [6, 6.07) is 9.54. The molecule has 1 aromatic heterocycles. The third-order valence-corrected chi connectivity index (χ3v) is 7.71. The smallest absolute Gasteiger partial charge is 0.261 e. The van der Waals surface area contributed by atoms with E-state index in [0.717, 1.165) is 0 Å². The molecule has 0 spiro atoms. The van der Waals surface area contributed by atoms with Gasteiger partial charge in [0.1, 0.15) is 16.4 Å². The van der Waals surface area contributed by atoms with Crippen molar-refractivity contribution < 1.29 is 17.9 Å². The van der Waals surface area contributed by atoms with Gasteiger partial charge in [0, 0.05) is 30.2 Å². The van der Waals surface area contributed by atoms with Gasteiger partial charge in [-0.2, -0.15) is 4.31 Å². The van der Waals surface area contributed by atoms with Crippen LogP contribution in [0.5, 0.6) is 11.5 Å². The van der Waals surface area contributed by atoms with Gasteiger partial charge in [0.15, 0.2) is 0 Å². The molecule has 2 heterocycles. The molecule has 0 radical (unpaired) electrons. The Bertz CT molecular complexity index is 1280. The SMILES string of the molecule is COc1ccc(OC)c(S(=O)(=O)N2CCC(n3cnc4ccc(Cl)cc4c3=O)CC2)c1. The van der Waals surface area contributed by atoms with E-state index in [9.17, 15) is 13.2 Å². The van der Waals surface area contributed by atoms with Crippen LogP contribution in [0.25, 0.3) is 10.9 Å². The van der Waals surface area contributed by atoms with Crippen LogP contribution in [0.15, 0.2) is 52.4 Å². The van der Waals surface area contributed by atoms with Crippen molar-refractivity contribution in [2.45, 2.75) is 23.8 Å². The molecular weight excluding hydrogens is 442 g/mol. The maximum absolute atomic E-state index is 13.3. The first-order valence-corrected chi connectivity index (χ1v) is 11.6. The van der Waals surface area contributed by atoms with Gasteiger partial charge < -0.3 is 9.47 Å². The van der Waals surface area contributed by atoms with Crippen LogP contribution in [0, 0.1) is 0 Å². The standard InChI is InChI=1S/C21H22ClN3O5S/c1-29-16-4-6-19(30-2)20(12-16)31(27,28)24-9-7-15(8-10-24)25-13-23-18-5-3-14(22)11-17(18)21(25)26/h3-6,11-13,15H,7-10H2,1-2H3. The molecule has 8 nitrogen and oxygen atoms in total. The first-order valence-electron chi connectivity index (χ1n) is 9.73. The van der Waals surface area contributed by atoms with E-state index in [1.165, 1.54) is 30.9 Å². The molecule has 2 aromatic carbocycles. The molecule has 0 atom stereocenters. The van der Waals surface area contributed by atoms with E-state index >= 15 is 0 Å². The number of piperidine rings is 1. The van der Waals surface area contributed by atoms with Crippen LogP contribution in [0.3, 0.4) is 0 Å². The number of halogens is 1. The van der Waals surface area contributed by atoms with Gasteiger partial charge >= 0.3 is 0 Å². The number of hydrogen-bond donors (Lipinski definition) is 0. The predicted molar refractivity (Wildman–Crippen MR) is 118 cm³/mol. The summed E-state index contributed by atoms with van der Waals surface area (Å²) in [5.41, 5.74) is 0.402. The molecule has 0 unspecified atom stereocenters. The summed E-state index contributed by atoms with van der Waals surface area (Å²) < 4.78 is 39.9. The minimum Gasteiger partial charge on any atom is -0.497 e. The lowest BCUT2D eigenvalue weighted by molar-refractivity contribution is 0.268. The van der Waals surface area contributed by atoms with Crippen LogP contribution in [0.2, 0.25) is 5.02 Å². The second-order valence-corrected chi connectivity index (χ2v) is 9.61. The molecule has 3 aromatic rings. The van der Waals surface area contributed by atoms with Crippen LogP contribution >= 0.6 is 11.6 Å². The van der Waals surface area contributed by atoms with Crippen molar-refractivity contribution in [3.8, 4) is 11.5 Å². The number of nitrogens with zero attached hydrogens (tertiary/aromatic N) is 3. The quantitative estimate of drug-likeness (QED) is 0.577. The highest BCUT2D eigenvalue weighted by atomic mass is 35.5. The number of rotatable bonds is 5. The molecule has 31 heavy (non-hydrogen) atoms. The van der Waals surface area contributed by atoms with Crippen LogP contribution < -0.4 is 15.0 Å². The Morgan fingerprint density at radius 2 is 1.81 bits per heavy atom. The topological polar surface area (TPSA) is 90.7 Å². The van der Waals surface area contributed by atoms with Crippen LogP contribution in [-0.4, -0.2) is 49.6 Å². The lowest BCUT2D eigenvalue weighted by Crippen LogP contribution is -2.41. The highest BCUT2D eigenvalue weighted by Crippen LogP contribution is 2.33. The number of benzene rings is 2. The summed E-state index contributed by atoms with van der Waals surface area (Å²) in [6.07, 6.45) is 2.50. The van der Waals surface area contributed by atoms with Crippen molar-refractivity contribution in [3.05, 3.63) is 58.1 Å². The summed E-state index contributed by atoms with van der Waals surface area (Å²) in [4.78, 5) is 17.4. The van der Waals surface area contributed by atoms with Gasteiger partial charge in [0.05, 0.1) is 31.4 Å². The monoisotopic (exact) mass is 463 g/mol. The summed E-state index contributed by atoms with van der Waals surface area (Å²) in [7, 11) is -0.878. The molecule has 1 saturated heterocycles. The Labute approximate surface area is 185 Å². The predicted octanol–water partition coefficient (Wildman–Crippen LogP) is 3.09. The minimum atomic E-state index is -3.79. The maximum atomic E-state index is 13.3.